The van der Waals surface area contributed by atoms with E-state index in [0.717, 1.165) is 11.1 Å². The summed E-state index contributed by atoms with van der Waals surface area (Å²) >= 11 is 1.24. The standard InChI is InChI=1S/C23H23N5O3S2/c1-12(2)18-10-9-17-19(24)21(32-22(17)27-18)20(29)15-5-7-16(8-6-15)33(30,31)28-23-25-13(3)11-14(4)26-23/h5-12H,24H2,1-4H3,(H,25,26,28). The van der Waals surface area contributed by atoms with Crippen LogP contribution < -0.4 is 10.5 Å². The molecule has 0 spiro atoms. The number of rotatable bonds is 6. The second-order valence-corrected chi connectivity index (χ2v) is 10.7. The number of hydrogen-bond acceptors (Lipinski definition) is 8. The Bertz CT molecular complexity index is 1460. The van der Waals surface area contributed by atoms with Gasteiger partial charge in [-0.1, -0.05) is 13.8 Å². The molecule has 4 rings (SSSR count). The predicted octanol–water partition coefficient (Wildman–Crippen LogP) is 4.44. The number of nitrogens with two attached hydrogens (primary N) is 1. The number of hydrogen-bond donors (Lipinski definition) is 2. The minimum Gasteiger partial charge on any atom is -0.397 e. The first-order valence-electron chi connectivity index (χ1n) is 10.2. The topological polar surface area (TPSA) is 128 Å². The second-order valence-electron chi connectivity index (χ2n) is 8.02. The van der Waals surface area contributed by atoms with Gasteiger partial charge in [0.05, 0.1) is 10.6 Å². The minimum absolute atomic E-state index is 0.000955. The van der Waals surface area contributed by atoms with Crippen molar-refractivity contribution >= 4 is 49.0 Å². The Morgan fingerprint density at radius 3 is 2.24 bits per heavy atom. The summed E-state index contributed by atoms with van der Waals surface area (Å²) in [7, 11) is -3.91. The predicted molar refractivity (Wildman–Crippen MR) is 130 cm³/mol. The summed E-state index contributed by atoms with van der Waals surface area (Å²) in [6.07, 6.45) is 0. The number of sulfonamides is 1. The molecule has 4 aromatic rings. The lowest BCUT2D eigenvalue weighted by molar-refractivity contribution is 0.104. The first-order valence-corrected chi connectivity index (χ1v) is 12.5. The van der Waals surface area contributed by atoms with Gasteiger partial charge in [-0.05, 0) is 62.2 Å². The number of aromatic nitrogens is 3. The highest BCUT2D eigenvalue weighted by Crippen LogP contribution is 2.35. The number of nitrogens with zero attached hydrogens (tertiary/aromatic N) is 3. The van der Waals surface area contributed by atoms with E-state index >= 15 is 0 Å². The maximum atomic E-state index is 13.1. The third-order valence-corrected chi connectivity index (χ3v) is 7.51. The van der Waals surface area contributed by atoms with E-state index in [4.69, 9.17) is 5.73 Å². The number of pyridine rings is 1. The molecule has 8 nitrogen and oxygen atoms in total. The number of carbonyl (C=O) groups is 1. The molecule has 33 heavy (non-hydrogen) atoms. The SMILES string of the molecule is Cc1cc(C)nc(NS(=O)(=O)c2ccc(C(=O)c3sc4nc(C(C)C)ccc4c3N)cc2)n1. The van der Waals surface area contributed by atoms with Crippen LogP contribution in [0.5, 0.6) is 0 Å². The van der Waals surface area contributed by atoms with Gasteiger partial charge in [0, 0.05) is 28.0 Å². The highest BCUT2D eigenvalue weighted by Gasteiger charge is 2.21. The minimum atomic E-state index is -3.91. The second kappa shape index (κ2) is 8.53. The van der Waals surface area contributed by atoms with Crippen molar-refractivity contribution in [3.05, 3.63) is 70.0 Å². The van der Waals surface area contributed by atoms with Crippen LogP contribution in [0.15, 0.2) is 47.4 Å². The maximum absolute atomic E-state index is 13.1. The fourth-order valence-corrected chi connectivity index (χ4v) is 5.38. The number of nitrogens with one attached hydrogen (secondary N) is 1. The van der Waals surface area contributed by atoms with Crippen molar-refractivity contribution in [2.45, 2.75) is 38.5 Å². The number of nitrogen functional groups attached to an aromatic ring is 1. The monoisotopic (exact) mass is 481 g/mol. The molecule has 3 heterocycles. The summed E-state index contributed by atoms with van der Waals surface area (Å²) < 4.78 is 27.8. The molecule has 170 valence electrons. The molecular formula is C23H23N5O3S2. The van der Waals surface area contributed by atoms with Gasteiger partial charge < -0.3 is 5.73 Å². The molecule has 0 aliphatic heterocycles. The quantitative estimate of drug-likeness (QED) is 0.390. The molecule has 0 aliphatic rings. The van der Waals surface area contributed by atoms with E-state index in [1.165, 1.54) is 35.6 Å². The van der Waals surface area contributed by atoms with Crippen LogP contribution in [-0.4, -0.2) is 29.2 Å². The largest absolute Gasteiger partial charge is 0.397 e. The average Bonchev–Trinajstić information content (AvgIpc) is 3.08. The Labute approximate surface area is 196 Å². The molecule has 10 heteroatoms. The zero-order valence-electron chi connectivity index (χ0n) is 18.6. The number of benzene rings is 1. The van der Waals surface area contributed by atoms with Crippen molar-refractivity contribution in [3.8, 4) is 0 Å². The van der Waals surface area contributed by atoms with Crippen molar-refractivity contribution < 1.29 is 13.2 Å². The third-order valence-electron chi connectivity index (χ3n) is 5.05. The molecule has 1 aromatic carbocycles. The molecule has 3 N–H and O–H groups in total. The molecule has 0 bridgehead atoms. The summed E-state index contributed by atoms with van der Waals surface area (Å²) in [5.74, 6) is -0.0239. The summed E-state index contributed by atoms with van der Waals surface area (Å²) in [6.45, 7) is 7.61. The lowest BCUT2D eigenvalue weighted by Crippen LogP contribution is -2.16. The van der Waals surface area contributed by atoms with Crippen LogP contribution in [0.2, 0.25) is 0 Å². The molecule has 0 fully saturated rings. The van der Waals surface area contributed by atoms with Crippen LogP contribution in [-0.2, 0) is 10.0 Å². The van der Waals surface area contributed by atoms with Crippen LogP contribution in [0.25, 0.3) is 10.2 Å². The molecule has 0 radical (unpaired) electrons. The highest BCUT2D eigenvalue weighted by atomic mass is 32.2. The van der Waals surface area contributed by atoms with Crippen molar-refractivity contribution in [1.29, 1.82) is 0 Å². The summed E-state index contributed by atoms with van der Waals surface area (Å²) in [6, 6.07) is 11.2. The summed E-state index contributed by atoms with van der Waals surface area (Å²) in [5.41, 5.74) is 9.19. The smallest absolute Gasteiger partial charge is 0.264 e. The Hall–Kier alpha value is -3.37. The number of thiophene rings is 1. The molecule has 3 aromatic heterocycles. The molecular weight excluding hydrogens is 458 g/mol. The van der Waals surface area contributed by atoms with Gasteiger partial charge in [0.25, 0.3) is 10.0 Å². The molecule has 0 saturated carbocycles. The molecule has 0 saturated heterocycles. The maximum Gasteiger partial charge on any atom is 0.264 e. The van der Waals surface area contributed by atoms with Gasteiger partial charge in [0.1, 0.15) is 9.71 Å². The number of ketones is 1. The van der Waals surface area contributed by atoms with E-state index < -0.39 is 10.0 Å². The van der Waals surface area contributed by atoms with E-state index in [1.54, 1.807) is 19.9 Å². The summed E-state index contributed by atoms with van der Waals surface area (Å²) in [4.78, 5) is 27.0. The zero-order valence-corrected chi connectivity index (χ0v) is 20.2. The number of fused-ring (bicyclic) bond motifs is 1. The van der Waals surface area contributed by atoms with Crippen molar-refractivity contribution in [2.24, 2.45) is 0 Å². The molecule has 0 atom stereocenters. The van der Waals surface area contributed by atoms with E-state index in [-0.39, 0.29) is 22.5 Å². The fraction of sp³-hybridized carbons (Fsp3) is 0.217. The van der Waals surface area contributed by atoms with Crippen LogP contribution in [0.3, 0.4) is 0 Å². The Kier molecular flexibility index (Phi) is 5.89. The van der Waals surface area contributed by atoms with Gasteiger partial charge in [-0.3, -0.25) is 4.79 Å². The van der Waals surface area contributed by atoms with Gasteiger partial charge in [-0.2, -0.15) is 0 Å². The van der Waals surface area contributed by atoms with Gasteiger partial charge in [-0.25, -0.2) is 28.1 Å². The summed E-state index contributed by atoms with van der Waals surface area (Å²) in [5, 5.41) is 0.740. The van der Waals surface area contributed by atoms with Crippen LogP contribution in [0, 0.1) is 13.8 Å². The van der Waals surface area contributed by atoms with Crippen molar-refractivity contribution in [2.75, 3.05) is 10.5 Å². The number of carbonyl (C=O) groups excluding carboxylic acids is 1. The normalized spacial score (nSPS) is 11.8. The van der Waals surface area contributed by atoms with Crippen LogP contribution in [0.1, 0.15) is 52.1 Å². The zero-order chi connectivity index (χ0) is 23.9. The Morgan fingerprint density at radius 1 is 1.00 bits per heavy atom. The first-order chi connectivity index (χ1) is 15.5. The van der Waals surface area contributed by atoms with E-state index in [2.05, 4.69) is 19.7 Å². The van der Waals surface area contributed by atoms with Crippen molar-refractivity contribution in [3.63, 3.8) is 0 Å². The average molecular weight is 482 g/mol. The van der Waals surface area contributed by atoms with Crippen LogP contribution >= 0.6 is 11.3 Å². The fourth-order valence-electron chi connectivity index (χ4n) is 3.37. The first kappa shape index (κ1) is 22.8. The van der Waals surface area contributed by atoms with Crippen LogP contribution in [0.4, 0.5) is 11.6 Å². The highest BCUT2D eigenvalue weighted by molar-refractivity contribution is 7.92. The number of aryl methyl sites for hydroxylation is 2. The third kappa shape index (κ3) is 4.57. The van der Waals surface area contributed by atoms with Gasteiger partial charge in [0.15, 0.2) is 0 Å². The number of anilines is 2. The van der Waals surface area contributed by atoms with Gasteiger partial charge in [0.2, 0.25) is 11.7 Å². The molecule has 0 amide bonds. The molecule has 0 aliphatic carbocycles. The van der Waals surface area contributed by atoms with E-state index in [1.807, 2.05) is 26.0 Å². The lowest BCUT2D eigenvalue weighted by Gasteiger charge is -2.08. The van der Waals surface area contributed by atoms with E-state index in [9.17, 15) is 13.2 Å². The van der Waals surface area contributed by atoms with E-state index in [0.29, 0.717) is 32.3 Å². The lowest BCUT2D eigenvalue weighted by atomic mass is 10.1. The molecule has 0 unspecified atom stereocenters. The van der Waals surface area contributed by atoms with Gasteiger partial charge >= 0.3 is 0 Å². The Morgan fingerprint density at radius 2 is 1.64 bits per heavy atom. The van der Waals surface area contributed by atoms with Crippen molar-refractivity contribution in [1.82, 2.24) is 15.0 Å². The van der Waals surface area contributed by atoms with Gasteiger partial charge in [-0.15, -0.1) is 11.3 Å². The Balaban J connectivity index is 1.61.